The Balaban J connectivity index is -0.0000000390. The van der Waals surface area contributed by atoms with Gasteiger partial charge in [0.25, 0.3) is 0 Å². The molecule has 39 heavy (non-hydrogen) atoms. The second-order valence-electron chi connectivity index (χ2n) is 5.97. The van der Waals surface area contributed by atoms with Crippen molar-refractivity contribution >= 4 is 35.8 Å². The van der Waals surface area contributed by atoms with Crippen LogP contribution in [0.1, 0.15) is 41.5 Å². The number of rotatable bonds is 6. The number of carbonyl (C=O) groups excluding carboxylic acids is 6. The molecule has 0 fully saturated rings. The molecule has 6 N–H and O–H groups in total. The summed E-state index contributed by atoms with van der Waals surface area (Å²) < 4.78 is 0. The summed E-state index contributed by atoms with van der Waals surface area (Å²) in [7, 11) is 0. The van der Waals surface area contributed by atoms with Crippen molar-refractivity contribution in [3.63, 3.8) is 0 Å². The number of aliphatic hydroxyl groups is 6. The van der Waals surface area contributed by atoms with Gasteiger partial charge in [0.2, 0.25) is 0 Å². The van der Waals surface area contributed by atoms with E-state index in [2.05, 4.69) is 0 Å². The molecule has 0 saturated carbocycles. The van der Waals surface area contributed by atoms with Crippen LogP contribution in [0.5, 0.6) is 0 Å². The molecule has 0 saturated heterocycles. The van der Waals surface area contributed by atoms with Crippen molar-refractivity contribution < 1.29 is 215 Å². The minimum atomic E-state index is -1.44. The average Bonchev–Trinajstić information content (AvgIpc) is 2.69. The second kappa shape index (κ2) is 40.7. The molecule has 0 heterocycles. The molecule has 0 amide bonds. The zero-order valence-electron chi connectivity index (χ0n) is 22.5. The molecule has 18 nitrogen and oxygen atoms in total. The quantitative estimate of drug-likeness (QED) is 0.144. The molecule has 6 atom stereocenters. The Hall–Kier alpha value is 0.567. The van der Waals surface area contributed by atoms with E-state index in [-0.39, 0.29) is 124 Å². The normalized spacial score (nSPS) is 12.6. The monoisotopic (exact) mass is 660 g/mol. The van der Waals surface area contributed by atoms with Crippen LogP contribution in [0.2, 0.25) is 0 Å². The summed E-state index contributed by atoms with van der Waals surface area (Å²) in [5.74, 6) is -8.61. The first-order valence-corrected chi connectivity index (χ1v) is 9.19. The van der Waals surface area contributed by atoms with E-state index in [1.54, 1.807) is 0 Å². The SMILES string of the molecule is CC(O)C(=O)[O-].CC(O)C(=O)[O-].CC(O)C(=O)[O-].CC(O)C(=O)[O-].CC(O)C(=O)[O-].CC(O)C(=O)[O-].[K+].[K+].[Ti+4]. The molecule has 0 rings (SSSR count). The van der Waals surface area contributed by atoms with Crippen LogP contribution in [-0.2, 0) is 50.5 Å². The van der Waals surface area contributed by atoms with Gasteiger partial charge in [0, 0.05) is 0 Å². The summed E-state index contributed by atoms with van der Waals surface area (Å²) in [6.07, 6.45) is -8.06. The third-order valence-corrected chi connectivity index (χ3v) is 2.05. The first-order chi connectivity index (χ1) is 15.9. The minimum absolute atomic E-state index is 0. The summed E-state index contributed by atoms with van der Waals surface area (Å²) in [5.41, 5.74) is 0. The van der Waals surface area contributed by atoms with E-state index in [1.807, 2.05) is 0 Å². The Bertz CT molecular complexity index is 500. The van der Waals surface area contributed by atoms with Crippen LogP contribution in [0.3, 0.4) is 0 Å². The van der Waals surface area contributed by atoms with Crippen LogP contribution in [-0.4, -0.2) is 103 Å². The van der Waals surface area contributed by atoms with Crippen molar-refractivity contribution in [2.75, 3.05) is 0 Å². The van der Waals surface area contributed by atoms with Gasteiger partial charge in [-0.1, -0.05) is 0 Å². The van der Waals surface area contributed by atoms with E-state index < -0.39 is 72.4 Å². The summed E-state index contributed by atoms with van der Waals surface area (Å²) in [5, 5.41) is 104. The Labute approximate surface area is 323 Å². The fourth-order valence-electron chi connectivity index (χ4n) is 0. The van der Waals surface area contributed by atoms with Crippen molar-refractivity contribution in [1.29, 1.82) is 0 Å². The first kappa shape index (κ1) is 63.0. The maximum Gasteiger partial charge on any atom is 4.00 e. The fourth-order valence-corrected chi connectivity index (χ4v) is 0. The maximum absolute atomic E-state index is 9.34. The maximum atomic E-state index is 9.34. The zero-order valence-corrected chi connectivity index (χ0v) is 30.4. The summed E-state index contributed by atoms with van der Waals surface area (Å²) in [6.45, 7) is 6.81. The number of carbonyl (C=O) groups is 6. The molecule has 0 spiro atoms. The van der Waals surface area contributed by atoms with Gasteiger partial charge in [-0.15, -0.1) is 0 Å². The summed E-state index contributed by atoms with van der Waals surface area (Å²) >= 11 is 0. The predicted molar refractivity (Wildman–Crippen MR) is 100 cm³/mol. The van der Waals surface area contributed by atoms with E-state index in [9.17, 15) is 59.4 Å². The fraction of sp³-hybridized carbons (Fsp3) is 0.667. The van der Waals surface area contributed by atoms with Crippen LogP contribution < -0.4 is 133 Å². The van der Waals surface area contributed by atoms with E-state index in [0.717, 1.165) is 41.5 Å². The van der Waals surface area contributed by atoms with Crippen LogP contribution in [0.4, 0.5) is 0 Å². The van der Waals surface area contributed by atoms with Gasteiger partial charge in [0.1, 0.15) is 0 Å². The van der Waals surface area contributed by atoms with Gasteiger partial charge in [-0.25, -0.2) is 0 Å². The summed E-state index contributed by atoms with van der Waals surface area (Å²) in [4.78, 5) is 56.0. The number of hydrogen-bond donors (Lipinski definition) is 6. The number of carboxylic acid groups (broad SMARTS) is 6. The average molecular weight is 660 g/mol. The minimum Gasteiger partial charge on any atom is -0.547 e. The predicted octanol–water partition coefficient (Wildman–Crippen LogP) is -17.3. The topological polar surface area (TPSA) is 362 Å². The van der Waals surface area contributed by atoms with Gasteiger partial charge >= 0.3 is 124 Å². The molecule has 0 aliphatic heterocycles. The number of aliphatic carboxylic acids is 6. The number of hydrogen-bond acceptors (Lipinski definition) is 18. The van der Waals surface area contributed by atoms with E-state index >= 15 is 0 Å². The standard InChI is InChI=1S/6C3H6O3.2K.Ti/c6*1-2(4)3(5)6;;;/h6*2,4H,1H3,(H,5,6);;;/q;;;;;;2*+1;+4/p-6. The van der Waals surface area contributed by atoms with Crippen LogP contribution in [0, 0.1) is 0 Å². The molecule has 6 unspecified atom stereocenters. The Kier molecular flexibility index (Phi) is 65.7. The van der Waals surface area contributed by atoms with Gasteiger partial charge in [-0.2, -0.15) is 0 Å². The Morgan fingerprint density at radius 1 is 0.359 bits per heavy atom. The van der Waals surface area contributed by atoms with Gasteiger partial charge in [0.15, 0.2) is 0 Å². The van der Waals surface area contributed by atoms with Crippen molar-refractivity contribution in [2.45, 2.75) is 78.2 Å². The molecule has 216 valence electrons. The summed E-state index contributed by atoms with van der Waals surface area (Å²) in [6, 6.07) is 0. The molecule has 0 aromatic heterocycles. The van der Waals surface area contributed by atoms with Crippen molar-refractivity contribution in [1.82, 2.24) is 0 Å². The van der Waals surface area contributed by atoms with E-state index in [0.29, 0.717) is 0 Å². The van der Waals surface area contributed by atoms with Gasteiger partial charge < -0.3 is 90.0 Å². The number of carboxylic acids is 6. The second-order valence-corrected chi connectivity index (χ2v) is 5.97. The molecule has 0 aliphatic rings. The third-order valence-electron chi connectivity index (χ3n) is 2.05. The van der Waals surface area contributed by atoms with Crippen LogP contribution in [0.25, 0.3) is 0 Å². The third kappa shape index (κ3) is 85.4. The largest absolute Gasteiger partial charge is 4.00 e. The molecule has 0 aromatic carbocycles. The van der Waals surface area contributed by atoms with Crippen molar-refractivity contribution in [3.05, 3.63) is 0 Å². The Morgan fingerprint density at radius 2 is 0.385 bits per heavy atom. The van der Waals surface area contributed by atoms with Gasteiger partial charge in [0.05, 0.1) is 72.4 Å². The molecular weight excluding hydrogens is 630 g/mol. The van der Waals surface area contributed by atoms with Crippen molar-refractivity contribution in [3.8, 4) is 0 Å². The molecule has 0 radical (unpaired) electrons. The van der Waals surface area contributed by atoms with Gasteiger partial charge in [-0.3, -0.25) is 0 Å². The van der Waals surface area contributed by atoms with E-state index in [4.69, 9.17) is 30.6 Å². The van der Waals surface area contributed by atoms with Gasteiger partial charge in [-0.05, 0) is 41.5 Å². The van der Waals surface area contributed by atoms with Crippen LogP contribution in [0.15, 0.2) is 0 Å². The van der Waals surface area contributed by atoms with Crippen LogP contribution >= 0.6 is 0 Å². The molecule has 0 bridgehead atoms. The molecular formula is C18H30K2O18Ti. The molecule has 0 aliphatic carbocycles. The zero-order chi connectivity index (χ0) is 30.9. The molecule has 0 aromatic rings. The van der Waals surface area contributed by atoms with E-state index in [1.165, 1.54) is 0 Å². The Morgan fingerprint density at radius 3 is 0.385 bits per heavy atom. The first-order valence-electron chi connectivity index (χ1n) is 9.19. The number of aliphatic hydroxyl groups excluding tert-OH is 6. The smallest absolute Gasteiger partial charge is 0.547 e. The van der Waals surface area contributed by atoms with Crippen molar-refractivity contribution in [2.24, 2.45) is 0 Å². The molecule has 21 heteroatoms.